The molecule has 3 heteroatoms. The predicted octanol–water partition coefficient (Wildman–Crippen LogP) is 2.65. The van der Waals surface area contributed by atoms with Gasteiger partial charge < -0.3 is 4.52 Å². The highest BCUT2D eigenvalue weighted by molar-refractivity contribution is 14.1. The van der Waals surface area contributed by atoms with Crippen LogP contribution in [0.1, 0.15) is 25.1 Å². The highest BCUT2D eigenvalue weighted by atomic mass is 127. The van der Waals surface area contributed by atoms with Crippen LogP contribution < -0.4 is 0 Å². The third-order valence-electron chi connectivity index (χ3n) is 1.31. The Hall–Kier alpha value is -0.0600. The van der Waals surface area contributed by atoms with E-state index in [2.05, 4.69) is 41.6 Å². The third-order valence-corrected chi connectivity index (χ3v) is 1.82. The summed E-state index contributed by atoms with van der Waals surface area (Å²) in [5.74, 6) is 0. The van der Waals surface area contributed by atoms with Crippen molar-refractivity contribution in [3.05, 3.63) is 17.5 Å². The van der Waals surface area contributed by atoms with Crippen LogP contribution in [-0.2, 0) is 3.42 Å². The minimum atomic E-state index is 0.0782. The van der Waals surface area contributed by atoms with Crippen molar-refractivity contribution in [3.8, 4) is 0 Å². The van der Waals surface area contributed by atoms with Crippen LogP contribution >= 0.6 is 22.6 Å². The molecule has 0 aromatic carbocycles. The van der Waals surface area contributed by atoms with E-state index >= 15 is 0 Å². The van der Waals surface area contributed by atoms with E-state index in [4.69, 9.17) is 4.52 Å². The zero-order chi connectivity index (χ0) is 7.78. The molecular weight excluding hydrogens is 241 g/mol. The smallest absolute Gasteiger partial charge is 0.127 e. The predicted molar refractivity (Wildman–Crippen MR) is 48.3 cm³/mol. The molecule has 0 bridgehead atoms. The van der Waals surface area contributed by atoms with Crippen LogP contribution in [0.2, 0.25) is 0 Å². The molecule has 0 aliphatic carbocycles. The number of aromatic nitrogens is 1. The van der Waals surface area contributed by atoms with Gasteiger partial charge >= 0.3 is 0 Å². The fourth-order valence-corrected chi connectivity index (χ4v) is 1.39. The van der Waals surface area contributed by atoms with Crippen molar-refractivity contribution < 1.29 is 4.52 Å². The molecule has 0 N–H and O–H groups in total. The molecule has 2 nitrogen and oxygen atoms in total. The molecule has 0 unspecified atom stereocenters. The van der Waals surface area contributed by atoms with Crippen molar-refractivity contribution in [2.45, 2.75) is 24.2 Å². The van der Waals surface area contributed by atoms with Gasteiger partial charge in [-0.3, -0.25) is 0 Å². The Balaban J connectivity index is 3.05. The first-order valence-corrected chi connectivity index (χ1v) is 4.20. The topological polar surface area (TPSA) is 26.0 Å². The van der Waals surface area contributed by atoms with Crippen molar-refractivity contribution in [1.82, 2.24) is 5.16 Å². The van der Waals surface area contributed by atoms with Crippen LogP contribution in [0.4, 0.5) is 0 Å². The summed E-state index contributed by atoms with van der Waals surface area (Å²) in [5.41, 5.74) is 2.16. The van der Waals surface area contributed by atoms with Gasteiger partial charge in [0.05, 0.1) is 3.42 Å². The molecule has 0 radical (unpaired) electrons. The number of rotatable bonds is 1. The van der Waals surface area contributed by atoms with Gasteiger partial charge in [0.1, 0.15) is 12.0 Å². The maximum absolute atomic E-state index is 4.82. The lowest BCUT2D eigenvalue weighted by Gasteiger charge is -2.12. The monoisotopic (exact) mass is 251 g/mol. The summed E-state index contributed by atoms with van der Waals surface area (Å²) in [7, 11) is 0. The highest BCUT2D eigenvalue weighted by Crippen LogP contribution is 2.31. The molecule has 10 heavy (non-hydrogen) atoms. The first kappa shape index (κ1) is 8.04. The molecule has 0 amide bonds. The second-order valence-electron chi connectivity index (χ2n) is 2.82. The minimum absolute atomic E-state index is 0.0782. The molecule has 0 aliphatic rings. The zero-order valence-corrected chi connectivity index (χ0v) is 8.47. The fraction of sp³-hybridized carbons (Fsp3) is 0.571. The maximum atomic E-state index is 4.82. The highest BCUT2D eigenvalue weighted by Gasteiger charge is 2.21. The lowest BCUT2D eigenvalue weighted by Crippen LogP contribution is -2.08. The van der Waals surface area contributed by atoms with E-state index in [1.54, 1.807) is 6.26 Å². The van der Waals surface area contributed by atoms with E-state index in [0.717, 1.165) is 11.3 Å². The van der Waals surface area contributed by atoms with Gasteiger partial charge in [0.2, 0.25) is 0 Å². The summed E-state index contributed by atoms with van der Waals surface area (Å²) in [6.45, 7) is 6.23. The Labute approximate surface area is 74.1 Å². The zero-order valence-electron chi connectivity index (χ0n) is 6.31. The Morgan fingerprint density at radius 1 is 1.60 bits per heavy atom. The van der Waals surface area contributed by atoms with Crippen LogP contribution in [0, 0.1) is 6.92 Å². The van der Waals surface area contributed by atoms with Crippen molar-refractivity contribution in [2.24, 2.45) is 0 Å². The van der Waals surface area contributed by atoms with Gasteiger partial charge in [0.25, 0.3) is 0 Å². The third kappa shape index (κ3) is 1.51. The molecule has 0 atom stereocenters. The van der Waals surface area contributed by atoms with Gasteiger partial charge in [-0.2, -0.15) is 0 Å². The molecule has 1 aromatic heterocycles. The lowest BCUT2D eigenvalue weighted by atomic mass is 10.1. The Morgan fingerprint density at radius 2 is 2.20 bits per heavy atom. The lowest BCUT2D eigenvalue weighted by molar-refractivity contribution is 0.407. The molecule has 0 fully saturated rings. The minimum Gasteiger partial charge on any atom is -0.364 e. The first-order chi connectivity index (χ1) is 4.52. The van der Waals surface area contributed by atoms with Gasteiger partial charge in [0.15, 0.2) is 0 Å². The summed E-state index contributed by atoms with van der Waals surface area (Å²) in [6, 6.07) is 0. The number of halogens is 1. The second kappa shape index (κ2) is 2.53. The quantitative estimate of drug-likeness (QED) is 0.566. The molecule has 1 heterocycles. The number of hydrogen-bond donors (Lipinski definition) is 0. The maximum Gasteiger partial charge on any atom is 0.127 e. The van der Waals surface area contributed by atoms with Gasteiger partial charge in [-0.05, 0) is 20.8 Å². The molecule has 0 saturated heterocycles. The van der Waals surface area contributed by atoms with Crippen LogP contribution in [0.5, 0.6) is 0 Å². The van der Waals surface area contributed by atoms with Crippen molar-refractivity contribution >= 4 is 22.6 Å². The summed E-state index contributed by atoms with van der Waals surface area (Å²) >= 11 is 2.34. The van der Waals surface area contributed by atoms with Crippen molar-refractivity contribution in [2.75, 3.05) is 0 Å². The Morgan fingerprint density at radius 3 is 2.40 bits per heavy atom. The van der Waals surface area contributed by atoms with E-state index in [-0.39, 0.29) is 3.42 Å². The first-order valence-electron chi connectivity index (χ1n) is 3.12. The van der Waals surface area contributed by atoms with E-state index in [0.29, 0.717) is 0 Å². The summed E-state index contributed by atoms with van der Waals surface area (Å²) in [4.78, 5) is 0. The summed E-state index contributed by atoms with van der Waals surface area (Å²) < 4.78 is 4.90. The standard InChI is InChI=1S/C7H10INO/c1-5-4-10-9-6(5)7(2,3)8/h4H,1-3H3. The molecular formula is C7H10INO. The normalized spacial score (nSPS) is 12.0. The SMILES string of the molecule is Cc1conc1C(C)(C)I. The molecule has 56 valence electrons. The van der Waals surface area contributed by atoms with Gasteiger partial charge in [-0.15, -0.1) is 0 Å². The van der Waals surface area contributed by atoms with Crippen LogP contribution in [-0.4, -0.2) is 5.16 Å². The molecule has 0 aliphatic heterocycles. The Kier molecular flexibility index (Phi) is 2.03. The summed E-state index contributed by atoms with van der Waals surface area (Å²) in [6.07, 6.45) is 1.68. The van der Waals surface area contributed by atoms with Gasteiger partial charge in [-0.25, -0.2) is 0 Å². The number of alkyl halides is 1. The number of nitrogens with zero attached hydrogens (tertiary/aromatic N) is 1. The molecule has 0 saturated carbocycles. The van der Waals surface area contributed by atoms with Crippen LogP contribution in [0.3, 0.4) is 0 Å². The molecule has 1 aromatic rings. The van der Waals surface area contributed by atoms with Crippen LogP contribution in [0.25, 0.3) is 0 Å². The van der Waals surface area contributed by atoms with Gasteiger partial charge in [-0.1, -0.05) is 27.7 Å². The van der Waals surface area contributed by atoms with Crippen LogP contribution in [0.15, 0.2) is 10.8 Å². The van der Waals surface area contributed by atoms with E-state index in [1.165, 1.54) is 0 Å². The average molecular weight is 251 g/mol. The van der Waals surface area contributed by atoms with E-state index in [1.807, 2.05) is 6.92 Å². The largest absolute Gasteiger partial charge is 0.364 e. The van der Waals surface area contributed by atoms with Crippen molar-refractivity contribution in [1.29, 1.82) is 0 Å². The molecule has 0 spiro atoms. The average Bonchev–Trinajstić information content (AvgIpc) is 2.11. The fourth-order valence-electron chi connectivity index (χ4n) is 0.863. The Bertz CT molecular complexity index is 224. The van der Waals surface area contributed by atoms with Crippen molar-refractivity contribution in [3.63, 3.8) is 0 Å². The number of hydrogen-bond acceptors (Lipinski definition) is 2. The number of aryl methyl sites for hydroxylation is 1. The molecule has 1 rings (SSSR count). The second-order valence-corrected chi connectivity index (χ2v) is 5.52. The summed E-state index contributed by atoms with van der Waals surface area (Å²) in [5, 5.41) is 3.90. The van der Waals surface area contributed by atoms with Gasteiger partial charge in [0, 0.05) is 5.56 Å². The van der Waals surface area contributed by atoms with E-state index in [9.17, 15) is 0 Å². The van der Waals surface area contributed by atoms with E-state index < -0.39 is 0 Å².